The number of Topliss-reactive ketones (excluding diaryl/α,β-unsaturated/α-hetero) is 1. The number of hydrogen-bond donors (Lipinski definition) is 3. The molecule has 2 bridgehead atoms. The molecule has 17 heteroatoms. The SMILES string of the molecule is CC1=C\C(O)CC(=O)Cc2nc(co2)C(=O)N2CCCC2C(=O)OC(C(C)COC(=O)Nc2ccc(OC(F)(F)F)cc2)C(C)/C=C/C(=O)NC\C=C\1. The fourth-order valence-electron chi connectivity index (χ4n) is 5.75. The van der Waals surface area contributed by atoms with Gasteiger partial charge in [0.05, 0.1) is 19.1 Å². The number of halogens is 3. The number of nitrogens with one attached hydrogen (secondary N) is 2. The topological polar surface area (TPSA) is 187 Å². The molecule has 0 aliphatic carbocycles. The third kappa shape index (κ3) is 12.6. The van der Waals surface area contributed by atoms with Gasteiger partial charge in [-0.2, -0.15) is 0 Å². The molecule has 5 unspecified atom stereocenters. The second kappa shape index (κ2) is 18.3. The molecule has 1 fully saturated rings. The summed E-state index contributed by atoms with van der Waals surface area (Å²) in [5.74, 6) is -3.93. The van der Waals surface area contributed by atoms with Crippen molar-refractivity contribution in [3.8, 4) is 5.75 Å². The van der Waals surface area contributed by atoms with Gasteiger partial charge < -0.3 is 34.0 Å². The molecule has 2 aromatic rings. The van der Waals surface area contributed by atoms with Crippen molar-refractivity contribution in [2.75, 3.05) is 25.0 Å². The van der Waals surface area contributed by atoms with Crippen LogP contribution in [0.2, 0.25) is 0 Å². The van der Waals surface area contributed by atoms with Gasteiger partial charge in [0, 0.05) is 37.0 Å². The van der Waals surface area contributed by atoms with Crippen LogP contribution in [0.1, 0.15) is 56.4 Å². The van der Waals surface area contributed by atoms with Crippen LogP contribution in [-0.4, -0.2) is 89.0 Å². The molecule has 3 N–H and O–H groups in total. The summed E-state index contributed by atoms with van der Waals surface area (Å²) < 4.78 is 57.9. The average molecular weight is 747 g/mol. The molecule has 2 aliphatic rings. The maximum atomic E-state index is 13.7. The monoisotopic (exact) mass is 746 g/mol. The highest BCUT2D eigenvalue weighted by molar-refractivity contribution is 5.95. The van der Waals surface area contributed by atoms with E-state index in [-0.39, 0.29) is 62.0 Å². The molecule has 0 saturated carbocycles. The molecule has 1 aromatic carbocycles. The Balaban J connectivity index is 1.50. The molecule has 0 radical (unpaired) electrons. The average Bonchev–Trinajstić information content (AvgIpc) is 3.77. The zero-order chi connectivity index (χ0) is 38.7. The highest BCUT2D eigenvalue weighted by atomic mass is 19.4. The Morgan fingerprint density at radius 2 is 1.91 bits per heavy atom. The molecule has 5 atom stereocenters. The molecule has 53 heavy (non-hydrogen) atoms. The zero-order valence-electron chi connectivity index (χ0n) is 29.3. The van der Waals surface area contributed by atoms with E-state index in [4.69, 9.17) is 13.9 Å². The number of ketones is 1. The van der Waals surface area contributed by atoms with E-state index in [1.165, 1.54) is 35.3 Å². The van der Waals surface area contributed by atoms with Crippen molar-refractivity contribution in [2.45, 2.75) is 71.1 Å². The third-order valence-corrected chi connectivity index (χ3v) is 8.27. The van der Waals surface area contributed by atoms with Gasteiger partial charge in [-0.3, -0.25) is 19.7 Å². The molecule has 14 nitrogen and oxygen atoms in total. The van der Waals surface area contributed by atoms with Crippen LogP contribution in [0.25, 0.3) is 0 Å². The summed E-state index contributed by atoms with van der Waals surface area (Å²) in [4.78, 5) is 70.3. The first-order valence-corrected chi connectivity index (χ1v) is 16.8. The largest absolute Gasteiger partial charge is 0.573 e. The number of hydrogen-bond acceptors (Lipinski definition) is 11. The van der Waals surface area contributed by atoms with Gasteiger partial charge in [0.2, 0.25) is 11.8 Å². The van der Waals surface area contributed by atoms with Crippen LogP contribution in [-0.2, 0) is 30.3 Å². The summed E-state index contributed by atoms with van der Waals surface area (Å²) in [5.41, 5.74) is 0.668. The normalized spacial score (nSPS) is 25.2. The molecular weight excluding hydrogens is 705 g/mol. The van der Waals surface area contributed by atoms with E-state index in [0.717, 1.165) is 18.4 Å². The van der Waals surface area contributed by atoms with E-state index in [1.807, 2.05) is 0 Å². The number of esters is 1. The number of carbonyl (C=O) groups excluding carboxylic acids is 5. The molecule has 1 saturated heterocycles. The number of oxazole rings is 1. The van der Waals surface area contributed by atoms with E-state index in [0.29, 0.717) is 12.0 Å². The van der Waals surface area contributed by atoms with Crippen LogP contribution in [0.3, 0.4) is 0 Å². The molecular formula is C36H41F3N4O10. The summed E-state index contributed by atoms with van der Waals surface area (Å²) in [5, 5.41) is 15.4. The Morgan fingerprint density at radius 1 is 1.17 bits per heavy atom. The Hall–Kier alpha value is -5.45. The summed E-state index contributed by atoms with van der Waals surface area (Å²) >= 11 is 0. The van der Waals surface area contributed by atoms with Crippen molar-refractivity contribution in [3.05, 3.63) is 78.1 Å². The van der Waals surface area contributed by atoms with E-state index in [2.05, 4.69) is 20.4 Å². The summed E-state index contributed by atoms with van der Waals surface area (Å²) in [6.07, 6.45) is 1.15. The number of ether oxygens (including phenoxy) is 3. The molecule has 286 valence electrons. The lowest BCUT2D eigenvalue weighted by atomic mass is 9.93. The lowest BCUT2D eigenvalue weighted by Crippen LogP contribution is -2.44. The van der Waals surface area contributed by atoms with Crippen molar-refractivity contribution in [1.82, 2.24) is 15.2 Å². The van der Waals surface area contributed by atoms with Crippen molar-refractivity contribution in [2.24, 2.45) is 11.8 Å². The first-order chi connectivity index (χ1) is 25.1. The molecule has 3 heterocycles. The first kappa shape index (κ1) is 40.3. The van der Waals surface area contributed by atoms with Gasteiger partial charge in [0.1, 0.15) is 29.9 Å². The Bertz CT molecular complexity index is 1720. The summed E-state index contributed by atoms with van der Waals surface area (Å²) in [7, 11) is 0. The summed E-state index contributed by atoms with van der Waals surface area (Å²) in [6.45, 7) is 5.15. The predicted octanol–water partition coefficient (Wildman–Crippen LogP) is 4.66. The molecule has 0 spiro atoms. The van der Waals surface area contributed by atoms with Gasteiger partial charge >= 0.3 is 18.4 Å². The molecule has 1 aromatic heterocycles. The van der Waals surface area contributed by atoms with Crippen LogP contribution >= 0.6 is 0 Å². The number of aliphatic hydroxyl groups is 1. The molecule has 2 aliphatic heterocycles. The number of benzene rings is 1. The van der Waals surface area contributed by atoms with E-state index in [9.17, 15) is 42.3 Å². The van der Waals surface area contributed by atoms with E-state index < -0.39 is 66.1 Å². The van der Waals surface area contributed by atoms with Crippen LogP contribution in [0.5, 0.6) is 5.75 Å². The van der Waals surface area contributed by atoms with Gasteiger partial charge in [-0.15, -0.1) is 13.2 Å². The van der Waals surface area contributed by atoms with Crippen LogP contribution < -0.4 is 15.4 Å². The van der Waals surface area contributed by atoms with Gasteiger partial charge in [-0.25, -0.2) is 14.6 Å². The highest BCUT2D eigenvalue weighted by Gasteiger charge is 2.39. The minimum absolute atomic E-state index is 0.0235. The number of aromatic nitrogens is 1. The number of allylic oxidation sites excluding steroid dienone is 2. The van der Waals surface area contributed by atoms with Crippen LogP contribution in [0.15, 0.2) is 70.9 Å². The Kier molecular flexibility index (Phi) is 14.0. The minimum atomic E-state index is -4.87. The third-order valence-electron chi connectivity index (χ3n) is 8.27. The number of nitrogens with zero attached hydrogens (tertiary/aromatic N) is 2. The fourth-order valence-corrected chi connectivity index (χ4v) is 5.75. The Labute approximate surface area is 303 Å². The molecule has 4 rings (SSSR count). The van der Waals surface area contributed by atoms with Crippen molar-refractivity contribution in [1.29, 1.82) is 0 Å². The smallest absolute Gasteiger partial charge is 0.460 e. The van der Waals surface area contributed by atoms with Gasteiger partial charge in [0.15, 0.2) is 5.69 Å². The maximum absolute atomic E-state index is 13.7. The lowest BCUT2D eigenvalue weighted by molar-refractivity contribution is -0.274. The van der Waals surface area contributed by atoms with E-state index >= 15 is 0 Å². The number of cyclic esters (lactones) is 1. The second-order valence-electron chi connectivity index (χ2n) is 12.7. The van der Waals surface area contributed by atoms with Gasteiger partial charge in [-0.1, -0.05) is 43.7 Å². The van der Waals surface area contributed by atoms with E-state index in [1.54, 1.807) is 32.9 Å². The summed E-state index contributed by atoms with van der Waals surface area (Å²) in [6, 6.07) is 3.42. The quantitative estimate of drug-likeness (QED) is 0.362. The number of anilines is 1. The van der Waals surface area contributed by atoms with Gasteiger partial charge in [0.25, 0.3) is 5.91 Å². The second-order valence-corrected chi connectivity index (χ2v) is 12.7. The number of amides is 3. The minimum Gasteiger partial charge on any atom is -0.460 e. The number of carbonyl (C=O) groups is 5. The number of alkyl halides is 3. The van der Waals surface area contributed by atoms with Crippen LogP contribution in [0.4, 0.5) is 23.7 Å². The fraction of sp³-hybridized carbons (Fsp3) is 0.444. The first-order valence-electron chi connectivity index (χ1n) is 16.8. The van der Waals surface area contributed by atoms with Crippen molar-refractivity contribution < 1.29 is 60.9 Å². The van der Waals surface area contributed by atoms with Gasteiger partial charge in [-0.05, 0) is 50.1 Å². The maximum Gasteiger partial charge on any atom is 0.573 e. The van der Waals surface area contributed by atoms with Crippen molar-refractivity contribution >= 4 is 35.3 Å². The Morgan fingerprint density at radius 3 is 2.62 bits per heavy atom. The number of aliphatic hydroxyl groups excluding tert-OH is 1. The number of fused-ring (bicyclic) bond motifs is 3. The molecule has 3 amide bonds. The van der Waals surface area contributed by atoms with Crippen molar-refractivity contribution in [3.63, 3.8) is 0 Å². The predicted molar refractivity (Wildman–Crippen MR) is 181 cm³/mol. The lowest BCUT2D eigenvalue weighted by Gasteiger charge is -2.30. The van der Waals surface area contributed by atoms with Crippen LogP contribution in [0, 0.1) is 11.8 Å². The number of rotatable bonds is 5. The standard InChI is InChI=1S/C36H41F3N4O10/c1-21-6-4-14-40-30(46)13-8-22(2)32(23(3)19-51-35(49)41-24-9-11-27(12-10-24)53-36(37,38)39)52-34(48)29-7-5-15-43(29)33(47)28-20-50-31(42-28)18-26(45)17-25(44)16-21/h4,6,8-13,16,20,22-23,25,29,32,44H,5,7,14-15,17-19H2,1-3H3,(H,40,46)(H,41,49)/b6-4+,13-8+,21-16+. The highest BCUT2D eigenvalue weighted by Crippen LogP contribution is 2.27. The zero-order valence-corrected chi connectivity index (χ0v) is 29.3.